The van der Waals surface area contributed by atoms with E-state index in [1.54, 1.807) is 11.1 Å². The maximum absolute atomic E-state index is 10.7. The van der Waals surface area contributed by atoms with Crippen molar-refractivity contribution in [3.63, 3.8) is 0 Å². The van der Waals surface area contributed by atoms with Gasteiger partial charge in [-0.3, -0.25) is 14.4 Å². The Morgan fingerprint density at radius 1 is 1.39 bits per heavy atom. The van der Waals surface area contributed by atoms with E-state index in [9.17, 15) is 9.59 Å². The molecule has 0 saturated carbocycles. The molecule has 1 amide bonds. The van der Waals surface area contributed by atoms with Crippen LogP contribution in [0.3, 0.4) is 0 Å². The fourth-order valence-corrected chi connectivity index (χ4v) is 0.979. The molecule has 1 aliphatic rings. The lowest BCUT2D eigenvalue weighted by Crippen LogP contribution is -2.16. The van der Waals surface area contributed by atoms with Crippen LogP contribution in [0.1, 0.15) is 26.7 Å². The maximum atomic E-state index is 10.7. The van der Waals surface area contributed by atoms with Gasteiger partial charge < -0.3 is 14.7 Å². The Morgan fingerprint density at radius 2 is 1.89 bits per heavy atom. The van der Waals surface area contributed by atoms with Crippen molar-refractivity contribution in [2.45, 2.75) is 26.7 Å². The lowest BCUT2D eigenvalue weighted by Gasteiger charge is -2.05. The molecule has 0 aromatic heterocycles. The molecule has 0 spiro atoms. The average Bonchev–Trinajstić information content (AvgIpc) is 2.63. The van der Waals surface area contributed by atoms with Gasteiger partial charge in [-0.25, -0.2) is 0 Å². The van der Waals surface area contributed by atoms with E-state index in [-0.39, 0.29) is 11.9 Å². The van der Waals surface area contributed by atoms with Gasteiger partial charge in [-0.1, -0.05) is 13.2 Å². The number of esters is 1. The average molecular weight is 257 g/mol. The summed E-state index contributed by atoms with van der Waals surface area (Å²) in [5.41, 5.74) is 0. The third-order valence-electron chi connectivity index (χ3n) is 1.58. The van der Waals surface area contributed by atoms with Gasteiger partial charge in [-0.15, -0.1) is 0 Å². The monoisotopic (exact) mass is 257 g/mol. The topological polar surface area (TPSA) is 83.9 Å². The fourth-order valence-electron chi connectivity index (χ4n) is 0.979. The summed E-state index contributed by atoms with van der Waals surface area (Å²) in [6.07, 6.45) is 4.38. The molecule has 0 atom stereocenters. The van der Waals surface area contributed by atoms with Crippen LogP contribution >= 0.6 is 0 Å². The Morgan fingerprint density at radius 3 is 2.00 bits per heavy atom. The minimum atomic E-state index is -0.833. The van der Waals surface area contributed by atoms with Crippen LogP contribution in [0, 0.1) is 0 Å². The van der Waals surface area contributed by atoms with Gasteiger partial charge in [-0.05, 0) is 12.6 Å². The summed E-state index contributed by atoms with van der Waals surface area (Å²) < 4.78 is 4.17. The van der Waals surface area contributed by atoms with Crippen molar-refractivity contribution in [1.82, 2.24) is 4.90 Å². The second-order valence-electron chi connectivity index (χ2n) is 3.17. The van der Waals surface area contributed by atoms with Crippen molar-refractivity contribution in [2.75, 3.05) is 6.54 Å². The molecule has 1 fully saturated rings. The predicted molar refractivity (Wildman–Crippen MR) is 66.4 cm³/mol. The number of rotatable bonds is 2. The van der Waals surface area contributed by atoms with Crippen molar-refractivity contribution in [2.24, 2.45) is 0 Å². The molecule has 1 heterocycles. The van der Waals surface area contributed by atoms with Gasteiger partial charge in [0.2, 0.25) is 5.91 Å². The number of nitrogens with zero attached hydrogens (tertiary/aromatic N) is 1. The third kappa shape index (κ3) is 13.9. The van der Waals surface area contributed by atoms with Crippen molar-refractivity contribution in [1.29, 1.82) is 0 Å². The van der Waals surface area contributed by atoms with Gasteiger partial charge >= 0.3 is 5.97 Å². The molecular weight excluding hydrogens is 238 g/mol. The first-order valence-corrected chi connectivity index (χ1v) is 5.24. The SMILES string of the molecule is C=CN1CCCC1=O.C=COC(C)=O.CC(=O)O. The summed E-state index contributed by atoms with van der Waals surface area (Å²) in [5, 5.41) is 7.42. The second kappa shape index (κ2) is 11.4. The molecule has 0 aliphatic carbocycles. The van der Waals surface area contributed by atoms with Crippen LogP contribution in [0.25, 0.3) is 0 Å². The van der Waals surface area contributed by atoms with Crippen molar-refractivity contribution in [3.05, 3.63) is 25.6 Å². The number of likely N-dealkylation sites (tertiary alicyclic amines) is 1. The zero-order chi connectivity index (χ0) is 14.6. The first-order valence-electron chi connectivity index (χ1n) is 5.24. The molecule has 0 radical (unpaired) electrons. The van der Waals surface area contributed by atoms with E-state index in [2.05, 4.69) is 17.9 Å². The van der Waals surface area contributed by atoms with Crippen LogP contribution in [0.5, 0.6) is 0 Å². The first kappa shape index (κ1) is 18.3. The van der Waals surface area contributed by atoms with E-state index >= 15 is 0 Å². The summed E-state index contributed by atoms with van der Waals surface area (Å²) in [4.78, 5) is 31.1. The molecule has 0 aromatic rings. The van der Waals surface area contributed by atoms with E-state index in [0.717, 1.165) is 26.2 Å². The molecule has 1 saturated heterocycles. The number of carbonyl (C=O) groups excluding carboxylic acids is 2. The zero-order valence-corrected chi connectivity index (χ0v) is 10.7. The number of aliphatic carboxylic acids is 1. The van der Waals surface area contributed by atoms with Gasteiger partial charge in [0.05, 0.1) is 6.26 Å². The lowest BCUT2D eigenvalue weighted by atomic mass is 10.4. The summed E-state index contributed by atoms with van der Waals surface area (Å²) in [7, 11) is 0. The van der Waals surface area contributed by atoms with Crippen molar-refractivity contribution in [3.8, 4) is 0 Å². The lowest BCUT2D eigenvalue weighted by molar-refractivity contribution is -0.136. The summed E-state index contributed by atoms with van der Waals surface area (Å²) >= 11 is 0. The fraction of sp³-hybridized carbons (Fsp3) is 0.417. The van der Waals surface area contributed by atoms with Crippen LogP contribution in [-0.4, -0.2) is 34.4 Å². The molecule has 1 N–H and O–H groups in total. The normalized spacial score (nSPS) is 12.3. The van der Waals surface area contributed by atoms with Crippen LogP contribution in [0.2, 0.25) is 0 Å². The minimum absolute atomic E-state index is 0.208. The quantitative estimate of drug-likeness (QED) is 0.599. The van der Waals surface area contributed by atoms with E-state index in [1.165, 1.54) is 6.92 Å². The molecule has 0 aromatic carbocycles. The van der Waals surface area contributed by atoms with Crippen LogP contribution in [0.15, 0.2) is 25.6 Å². The van der Waals surface area contributed by atoms with Gasteiger partial charge in [-0.2, -0.15) is 0 Å². The minimum Gasteiger partial charge on any atom is -0.481 e. The summed E-state index contributed by atoms with van der Waals surface area (Å²) in [5.74, 6) is -0.954. The zero-order valence-electron chi connectivity index (χ0n) is 10.7. The molecule has 0 bridgehead atoms. The number of ether oxygens (including phenoxy) is 1. The van der Waals surface area contributed by atoms with Crippen LogP contribution < -0.4 is 0 Å². The number of carboxylic acid groups (broad SMARTS) is 1. The number of carbonyl (C=O) groups is 3. The van der Waals surface area contributed by atoms with Gasteiger partial charge in [0, 0.05) is 26.8 Å². The van der Waals surface area contributed by atoms with Crippen LogP contribution in [0.4, 0.5) is 0 Å². The van der Waals surface area contributed by atoms with Gasteiger partial charge in [0.15, 0.2) is 0 Å². The highest BCUT2D eigenvalue weighted by molar-refractivity contribution is 5.78. The van der Waals surface area contributed by atoms with E-state index in [4.69, 9.17) is 9.90 Å². The number of carboxylic acids is 1. The number of hydrogen-bond acceptors (Lipinski definition) is 4. The van der Waals surface area contributed by atoms with E-state index < -0.39 is 5.97 Å². The highest BCUT2D eigenvalue weighted by atomic mass is 16.5. The Hall–Kier alpha value is -2.11. The predicted octanol–water partition coefficient (Wildman–Crippen LogP) is 1.54. The van der Waals surface area contributed by atoms with E-state index in [0.29, 0.717) is 6.42 Å². The third-order valence-corrected chi connectivity index (χ3v) is 1.58. The standard InChI is InChI=1S/C6H9NO.C4H6O2.C2H4O2/c1-2-7-5-3-4-6(7)8;1-3-6-4(2)5;1-2(3)4/h2H,1,3-5H2;3H,1H2,2H3;1H3,(H,3,4). The Kier molecular flexibility index (Phi) is 11.5. The highest BCUT2D eigenvalue weighted by Crippen LogP contribution is 2.08. The largest absolute Gasteiger partial charge is 0.481 e. The summed E-state index contributed by atoms with van der Waals surface area (Å²) in [6, 6.07) is 0. The molecule has 18 heavy (non-hydrogen) atoms. The second-order valence-corrected chi connectivity index (χ2v) is 3.17. The highest BCUT2D eigenvalue weighted by Gasteiger charge is 2.15. The molecule has 1 rings (SSSR count). The molecule has 6 nitrogen and oxygen atoms in total. The Labute approximate surface area is 107 Å². The van der Waals surface area contributed by atoms with Crippen molar-refractivity contribution >= 4 is 17.8 Å². The Balaban J connectivity index is 0. The van der Waals surface area contributed by atoms with Crippen LogP contribution in [-0.2, 0) is 19.1 Å². The molecule has 0 unspecified atom stereocenters. The molecular formula is C12H19NO5. The van der Waals surface area contributed by atoms with Gasteiger partial charge in [0.1, 0.15) is 0 Å². The number of hydrogen-bond donors (Lipinski definition) is 1. The molecule has 6 heteroatoms. The first-order chi connectivity index (χ1) is 8.34. The summed E-state index contributed by atoms with van der Waals surface area (Å²) in [6.45, 7) is 9.92. The van der Waals surface area contributed by atoms with E-state index in [1.807, 2.05) is 0 Å². The molecule has 102 valence electrons. The Bertz CT molecular complexity index is 308. The van der Waals surface area contributed by atoms with Crippen molar-refractivity contribution < 1.29 is 24.2 Å². The number of amides is 1. The smallest absolute Gasteiger partial charge is 0.307 e. The van der Waals surface area contributed by atoms with Gasteiger partial charge in [0.25, 0.3) is 5.97 Å². The maximum Gasteiger partial charge on any atom is 0.307 e. The molecule has 1 aliphatic heterocycles.